The first-order chi connectivity index (χ1) is 22.8. The van der Waals surface area contributed by atoms with E-state index in [4.69, 9.17) is 4.74 Å². The molecular weight excluding hydrogens is 657 g/mol. The van der Waals surface area contributed by atoms with E-state index in [1.807, 2.05) is 27.7 Å². The van der Waals surface area contributed by atoms with Gasteiger partial charge in [0.1, 0.15) is 24.4 Å². The number of hydrogen-bond donors (Lipinski definition) is 1. The predicted octanol–water partition coefficient (Wildman–Crippen LogP) is 2.15. The molecule has 4 heterocycles. The Morgan fingerprint density at radius 1 is 0.804 bits per heavy atom. The maximum Gasteiger partial charge on any atom is 1.00 e. The molecule has 2 aliphatic rings. The van der Waals surface area contributed by atoms with Gasteiger partial charge in [-0.25, -0.2) is 18.4 Å². The number of pyridine rings is 2. The van der Waals surface area contributed by atoms with Crippen LogP contribution < -0.4 is 30.0 Å². The summed E-state index contributed by atoms with van der Waals surface area (Å²) in [6.45, 7) is 13.9. The third-order valence-corrected chi connectivity index (χ3v) is 8.77. The summed E-state index contributed by atoms with van der Waals surface area (Å²) in [5.74, 6) is -0.915. The standard InChI is InChI=1S/C19H29FN2O3.C17H25FN2O3.CH4.Li.H2O/c1-4-25-19(24)17(11-14(2)3)22-12-15(5-6-18(22)23)7-9-21-10-8-16(20)13-21;1-12(2)9-15(17(22)23)20-10-13(3-4-16(20)21)5-7-19-8-6-14(18)11-19;;;/h5-6,12,14,16-17H,4,7-11,13H2,1-3H3;3-4,10,12,14-15H,5-9,11H2,1-2H3,(H,22,23);1H4;;1H2/q;;;+1;/p-1/t16-,17?;14-,15?;;;/m11.../s1. The van der Waals surface area contributed by atoms with Gasteiger partial charge in [0.2, 0.25) is 0 Å². The summed E-state index contributed by atoms with van der Waals surface area (Å²) in [7, 11) is 0. The number of carboxylic acids is 1. The summed E-state index contributed by atoms with van der Waals surface area (Å²) in [6.07, 6.45) is 5.48. The van der Waals surface area contributed by atoms with Crippen LogP contribution in [-0.4, -0.2) is 99.7 Å². The minimum absolute atomic E-state index is 0. The minimum atomic E-state index is -0.988. The molecule has 51 heavy (non-hydrogen) atoms. The molecule has 2 fully saturated rings. The smallest absolute Gasteiger partial charge is 0.870 e. The molecule has 0 spiro atoms. The number of carbonyl (C=O) groups is 2. The Labute approximate surface area is 313 Å². The van der Waals surface area contributed by atoms with E-state index in [1.165, 1.54) is 21.3 Å². The van der Waals surface area contributed by atoms with Gasteiger partial charge in [0, 0.05) is 63.8 Å². The number of carboxylic acid groups (broad SMARTS) is 1. The first kappa shape index (κ1) is 48.2. The third-order valence-electron chi connectivity index (χ3n) is 8.77. The monoisotopic (exact) mass is 716 g/mol. The average Bonchev–Trinajstić information content (AvgIpc) is 3.65. The van der Waals surface area contributed by atoms with Crippen LogP contribution in [0, 0.1) is 11.8 Å². The Balaban J connectivity index is 0.000000929. The Kier molecular flexibility index (Phi) is 22.4. The first-order valence-corrected chi connectivity index (χ1v) is 17.3. The molecule has 0 aromatic carbocycles. The number of aromatic nitrogens is 2. The fraction of sp³-hybridized carbons (Fsp3) is 0.676. The predicted molar refractivity (Wildman–Crippen MR) is 191 cm³/mol. The van der Waals surface area contributed by atoms with Gasteiger partial charge < -0.3 is 34.3 Å². The van der Waals surface area contributed by atoms with Crippen molar-refractivity contribution >= 4 is 11.9 Å². The van der Waals surface area contributed by atoms with Crippen LogP contribution in [0.1, 0.15) is 90.9 Å². The largest absolute Gasteiger partial charge is 1.00 e. The summed E-state index contributed by atoms with van der Waals surface area (Å²) in [5, 5.41) is 9.41. The molecule has 2 aliphatic heterocycles. The second-order valence-corrected chi connectivity index (χ2v) is 13.8. The summed E-state index contributed by atoms with van der Waals surface area (Å²) in [5.41, 5.74) is 1.38. The minimum Gasteiger partial charge on any atom is -0.870 e. The molecule has 0 radical (unpaired) electrons. The molecule has 2 N–H and O–H groups in total. The van der Waals surface area contributed by atoms with Gasteiger partial charge in [-0.05, 0) is 68.4 Å². The van der Waals surface area contributed by atoms with E-state index in [2.05, 4.69) is 9.80 Å². The van der Waals surface area contributed by atoms with Gasteiger partial charge in [-0.2, -0.15) is 0 Å². The van der Waals surface area contributed by atoms with E-state index in [0.717, 1.165) is 43.7 Å². The number of nitrogens with zero attached hydrogens (tertiary/aromatic N) is 4. The molecule has 11 nitrogen and oxygen atoms in total. The number of ether oxygens (including phenoxy) is 1. The van der Waals surface area contributed by atoms with Crippen molar-refractivity contribution in [2.45, 2.75) is 105 Å². The van der Waals surface area contributed by atoms with Gasteiger partial charge in [0.05, 0.1) is 6.61 Å². The molecule has 0 aliphatic carbocycles. The van der Waals surface area contributed by atoms with E-state index in [1.54, 1.807) is 31.5 Å². The molecule has 2 aromatic rings. The van der Waals surface area contributed by atoms with Crippen LogP contribution >= 0.6 is 0 Å². The van der Waals surface area contributed by atoms with Crippen molar-refractivity contribution in [3.05, 3.63) is 68.5 Å². The summed E-state index contributed by atoms with van der Waals surface area (Å²) in [4.78, 5) is 52.3. The van der Waals surface area contributed by atoms with Gasteiger partial charge >= 0.3 is 30.8 Å². The quantitative estimate of drug-likeness (QED) is 0.217. The van der Waals surface area contributed by atoms with Crippen molar-refractivity contribution in [2.75, 3.05) is 45.9 Å². The van der Waals surface area contributed by atoms with E-state index >= 15 is 0 Å². The molecule has 2 unspecified atom stereocenters. The van der Waals surface area contributed by atoms with Crippen molar-refractivity contribution in [3.8, 4) is 0 Å². The van der Waals surface area contributed by atoms with E-state index in [9.17, 15) is 33.1 Å². The first-order valence-electron chi connectivity index (χ1n) is 17.3. The fourth-order valence-corrected chi connectivity index (χ4v) is 6.22. The molecule has 0 saturated carbocycles. The van der Waals surface area contributed by atoms with Gasteiger partial charge in [0.25, 0.3) is 11.1 Å². The third kappa shape index (κ3) is 15.8. The number of likely N-dealkylation sites (tertiary alicyclic amines) is 2. The topological polar surface area (TPSA) is 144 Å². The number of aliphatic carboxylic acids is 1. The Bertz CT molecular complexity index is 1450. The van der Waals surface area contributed by atoms with E-state index in [0.29, 0.717) is 51.8 Å². The summed E-state index contributed by atoms with van der Waals surface area (Å²) in [6, 6.07) is 5.01. The van der Waals surface area contributed by atoms with Crippen LogP contribution in [0.15, 0.2) is 46.2 Å². The van der Waals surface area contributed by atoms with Crippen LogP contribution in [0.4, 0.5) is 8.78 Å². The van der Waals surface area contributed by atoms with Crippen molar-refractivity contribution in [1.29, 1.82) is 0 Å². The zero-order valence-corrected chi connectivity index (χ0v) is 30.6. The maximum absolute atomic E-state index is 13.3. The number of rotatable bonds is 15. The SMILES string of the molecule is C.CC(C)CC(C(=O)O)n1cc(CCN2CC[C@@H](F)C2)ccc1=O.CCOC(=O)C(CC(C)C)n1cc(CCN2CC[C@@H](F)C2)ccc1=O.[Li+].[OH-]. The van der Waals surface area contributed by atoms with Crippen molar-refractivity contribution in [3.63, 3.8) is 0 Å². The molecule has 4 atom stereocenters. The van der Waals surface area contributed by atoms with Gasteiger partial charge in [-0.15, -0.1) is 0 Å². The number of halogens is 2. The second kappa shape index (κ2) is 23.7. The van der Waals surface area contributed by atoms with Gasteiger partial charge in [0.15, 0.2) is 0 Å². The van der Waals surface area contributed by atoms with Crippen molar-refractivity contribution in [2.24, 2.45) is 11.8 Å². The molecule has 14 heteroatoms. The van der Waals surface area contributed by atoms with Crippen molar-refractivity contribution < 1.29 is 52.6 Å². The molecule has 284 valence electrons. The van der Waals surface area contributed by atoms with Gasteiger partial charge in [-0.1, -0.05) is 47.3 Å². The zero-order chi connectivity index (χ0) is 35.4. The molecule has 2 aromatic heterocycles. The number of esters is 1. The molecule has 4 rings (SSSR count). The summed E-state index contributed by atoms with van der Waals surface area (Å²) < 4.78 is 34.4. The van der Waals surface area contributed by atoms with Crippen LogP contribution in [-0.2, 0) is 27.2 Å². The second-order valence-electron chi connectivity index (χ2n) is 13.8. The maximum atomic E-state index is 13.3. The molecule has 0 amide bonds. The van der Waals surface area contributed by atoms with Crippen LogP contribution in [0.5, 0.6) is 0 Å². The van der Waals surface area contributed by atoms with E-state index in [-0.39, 0.29) is 60.7 Å². The zero-order valence-electron chi connectivity index (χ0n) is 30.6. The normalized spacial score (nSPS) is 18.5. The molecule has 0 bridgehead atoms. The average molecular weight is 717 g/mol. The molecular formula is C37H59F2LiN4O7. The van der Waals surface area contributed by atoms with Crippen molar-refractivity contribution in [1.82, 2.24) is 18.9 Å². The van der Waals surface area contributed by atoms with E-state index < -0.39 is 30.4 Å². The van der Waals surface area contributed by atoms with Gasteiger partial charge in [-0.3, -0.25) is 9.59 Å². The fourth-order valence-electron chi connectivity index (χ4n) is 6.22. The number of alkyl halides is 2. The van der Waals surface area contributed by atoms with Crippen LogP contribution in [0.25, 0.3) is 0 Å². The number of carbonyl (C=O) groups excluding carboxylic acids is 1. The Morgan fingerprint density at radius 2 is 1.22 bits per heavy atom. The molecule has 2 saturated heterocycles. The Hall–Kier alpha value is -2.82. The summed E-state index contributed by atoms with van der Waals surface area (Å²) >= 11 is 0. The van der Waals surface area contributed by atoms with Crippen LogP contribution in [0.2, 0.25) is 0 Å². The Morgan fingerprint density at radius 3 is 1.57 bits per heavy atom. The number of hydrogen-bond acceptors (Lipinski definition) is 8. The van der Waals surface area contributed by atoms with Crippen LogP contribution in [0.3, 0.4) is 0 Å².